The molecule has 5 atom stereocenters. The lowest BCUT2D eigenvalue weighted by Gasteiger charge is -2.37. The van der Waals surface area contributed by atoms with Gasteiger partial charge in [-0.05, 0) is 105 Å². The number of carbonyl (C=O) groups excluding carboxylic acids is 3. The average Bonchev–Trinajstić information content (AvgIpc) is 3.33. The summed E-state index contributed by atoms with van der Waals surface area (Å²) in [5, 5.41) is 9.96. The Morgan fingerprint density at radius 3 is 2.17 bits per heavy atom. The number of nitrogens with zero attached hydrogens (tertiary/aromatic N) is 2. The molecule has 0 aromatic heterocycles. The summed E-state index contributed by atoms with van der Waals surface area (Å²) < 4.78 is 36.0. The first-order valence-electron chi connectivity index (χ1n) is 19.3. The number of fused-ring (bicyclic) bond motifs is 1. The highest BCUT2D eigenvalue weighted by atomic mass is 16.8. The molecule has 54 heavy (non-hydrogen) atoms. The van der Waals surface area contributed by atoms with Crippen LogP contribution in [0.2, 0.25) is 0 Å². The largest absolute Gasteiger partial charge is 0.452 e. The SMILES string of the molecule is C[C@H](O)[C@H](C)/C=C\[C@@H](C)[C@H]1OC(C)(C)O[C@H]1C/C=C/c1cc(N(CC2CCN(C(=O)OC(C)(C)C)CC2)C(=O)OC(C)(C)C)cc2c1C(=O)OC(C)(C)O2. The number of anilines is 1. The predicted octanol–water partition coefficient (Wildman–Crippen LogP) is 8.49. The second-order valence-electron chi connectivity index (χ2n) is 17.9. The molecule has 12 heteroatoms. The number of ether oxygens (including phenoxy) is 6. The highest BCUT2D eigenvalue weighted by Gasteiger charge is 2.43. The van der Waals surface area contributed by atoms with Crippen molar-refractivity contribution in [3.63, 3.8) is 0 Å². The van der Waals surface area contributed by atoms with E-state index in [9.17, 15) is 19.5 Å². The van der Waals surface area contributed by atoms with Gasteiger partial charge in [0.1, 0.15) is 22.5 Å². The van der Waals surface area contributed by atoms with E-state index in [-0.39, 0.29) is 41.6 Å². The molecule has 1 aromatic rings. The van der Waals surface area contributed by atoms with Gasteiger partial charge in [0.05, 0.1) is 24.0 Å². The van der Waals surface area contributed by atoms with Crippen LogP contribution < -0.4 is 9.64 Å². The lowest BCUT2D eigenvalue weighted by atomic mass is 9.94. The molecule has 0 bridgehead atoms. The monoisotopic (exact) mass is 756 g/mol. The molecule has 1 aromatic carbocycles. The molecule has 1 N–H and O–H groups in total. The number of likely N-dealkylation sites (tertiary alicyclic amines) is 1. The van der Waals surface area contributed by atoms with Gasteiger partial charge in [0.25, 0.3) is 0 Å². The van der Waals surface area contributed by atoms with Gasteiger partial charge in [-0.3, -0.25) is 4.90 Å². The fourth-order valence-electron chi connectivity index (χ4n) is 6.69. The summed E-state index contributed by atoms with van der Waals surface area (Å²) in [5.74, 6) is -2.18. The Morgan fingerprint density at radius 2 is 1.57 bits per heavy atom. The number of piperidine rings is 1. The van der Waals surface area contributed by atoms with E-state index in [0.29, 0.717) is 55.9 Å². The molecule has 0 spiro atoms. The molecule has 302 valence electrons. The number of carbonyl (C=O) groups is 3. The lowest BCUT2D eigenvalue weighted by Crippen LogP contribution is -2.45. The van der Waals surface area contributed by atoms with Crippen molar-refractivity contribution < 1.29 is 47.9 Å². The number of esters is 1. The van der Waals surface area contributed by atoms with Crippen molar-refractivity contribution in [1.82, 2.24) is 4.90 Å². The van der Waals surface area contributed by atoms with Gasteiger partial charge in [0.15, 0.2) is 5.79 Å². The summed E-state index contributed by atoms with van der Waals surface area (Å²) in [5.41, 5.74) is -0.0675. The van der Waals surface area contributed by atoms with Gasteiger partial charge in [0, 0.05) is 45.5 Å². The molecule has 2 amide bonds. The maximum atomic E-state index is 13.9. The van der Waals surface area contributed by atoms with Gasteiger partial charge < -0.3 is 38.4 Å². The number of benzene rings is 1. The minimum absolute atomic E-state index is 0.00295. The maximum Gasteiger partial charge on any atom is 0.414 e. The van der Waals surface area contributed by atoms with Crippen LogP contribution in [0.5, 0.6) is 5.75 Å². The molecule has 2 fully saturated rings. The summed E-state index contributed by atoms with van der Waals surface area (Å²) in [4.78, 5) is 43.5. The van der Waals surface area contributed by atoms with Crippen LogP contribution in [0, 0.1) is 17.8 Å². The second kappa shape index (κ2) is 16.6. The third-order valence-corrected chi connectivity index (χ3v) is 9.53. The first-order valence-corrected chi connectivity index (χ1v) is 19.3. The Morgan fingerprint density at radius 1 is 0.944 bits per heavy atom. The minimum atomic E-state index is -1.22. The van der Waals surface area contributed by atoms with E-state index >= 15 is 0 Å². The van der Waals surface area contributed by atoms with Gasteiger partial charge >= 0.3 is 18.2 Å². The molecule has 3 aliphatic rings. The first kappa shape index (κ1) is 43.1. The molecule has 2 saturated heterocycles. The molecule has 0 saturated carbocycles. The van der Waals surface area contributed by atoms with E-state index in [4.69, 9.17) is 28.4 Å². The number of aliphatic hydroxyl groups is 1. The average molecular weight is 757 g/mol. The van der Waals surface area contributed by atoms with Crippen LogP contribution >= 0.6 is 0 Å². The summed E-state index contributed by atoms with van der Waals surface area (Å²) >= 11 is 0. The normalized spacial score (nSPS) is 23.4. The topological polar surface area (TPSA) is 133 Å². The van der Waals surface area contributed by atoms with E-state index < -0.39 is 40.9 Å². The fraction of sp³-hybridized carbons (Fsp3) is 0.690. The third-order valence-electron chi connectivity index (χ3n) is 9.53. The van der Waals surface area contributed by atoms with Crippen LogP contribution in [-0.4, -0.2) is 88.9 Å². The number of hydrogen-bond donors (Lipinski definition) is 1. The number of rotatable bonds is 10. The van der Waals surface area contributed by atoms with Crippen molar-refractivity contribution in [3.8, 4) is 5.75 Å². The van der Waals surface area contributed by atoms with E-state index in [1.54, 1.807) is 42.7 Å². The summed E-state index contributed by atoms with van der Waals surface area (Å²) in [6, 6.07) is 3.48. The summed E-state index contributed by atoms with van der Waals surface area (Å²) in [6.45, 7) is 25.2. The molecular formula is C42H64N2O10. The Labute approximate surface area is 322 Å². The van der Waals surface area contributed by atoms with E-state index in [1.807, 2.05) is 80.5 Å². The number of hydrogen-bond acceptors (Lipinski definition) is 10. The number of aliphatic hydroxyl groups excluding tert-OH is 1. The smallest absolute Gasteiger partial charge is 0.414 e. The highest BCUT2D eigenvalue weighted by Crippen LogP contribution is 2.40. The molecule has 4 rings (SSSR count). The van der Waals surface area contributed by atoms with Crippen molar-refractivity contribution in [1.29, 1.82) is 0 Å². The maximum absolute atomic E-state index is 13.9. The highest BCUT2D eigenvalue weighted by molar-refractivity contribution is 6.00. The molecule has 3 heterocycles. The van der Waals surface area contributed by atoms with Crippen LogP contribution in [0.3, 0.4) is 0 Å². The minimum Gasteiger partial charge on any atom is -0.452 e. The van der Waals surface area contributed by atoms with Crippen molar-refractivity contribution in [3.05, 3.63) is 41.5 Å². The van der Waals surface area contributed by atoms with Crippen LogP contribution in [0.25, 0.3) is 6.08 Å². The summed E-state index contributed by atoms with van der Waals surface area (Å²) in [6.07, 6.45) is 7.77. The standard InChI is InChI=1S/C42H64N2O10/c1-26(28(3)45)17-18-27(2)35-32(49-41(10,11)51-35)16-14-15-30-23-31(24-33-34(30)36(46)52-42(12,13)50-33)44(38(48)54-40(7,8)9)25-29-19-21-43(22-20-29)37(47)53-39(4,5)6/h14-15,17-18,23-24,26-29,32,35,45H,16,19-22,25H2,1-13H3/b15-14+,18-17-/t26-,27-,28+,32+,35-/m1/s1. The van der Waals surface area contributed by atoms with Crippen molar-refractivity contribution in [2.24, 2.45) is 17.8 Å². The zero-order valence-corrected chi connectivity index (χ0v) is 34.7. The number of cyclic esters (lactones) is 1. The van der Waals surface area contributed by atoms with Gasteiger partial charge in [-0.2, -0.15) is 0 Å². The van der Waals surface area contributed by atoms with Gasteiger partial charge in [-0.1, -0.05) is 38.2 Å². The van der Waals surface area contributed by atoms with Crippen molar-refractivity contribution >= 4 is 29.9 Å². The zero-order valence-electron chi connectivity index (χ0n) is 34.7. The Kier molecular flexibility index (Phi) is 13.3. The Bertz CT molecular complexity index is 1560. The van der Waals surface area contributed by atoms with Crippen LogP contribution in [0.1, 0.15) is 125 Å². The quantitative estimate of drug-likeness (QED) is 0.141. The number of amides is 2. The molecular weight excluding hydrogens is 692 g/mol. The molecule has 12 nitrogen and oxygen atoms in total. The fourth-order valence-corrected chi connectivity index (χ4v) is 6.69. The van der Waals surface area contributed by atoms with Crippen molar-refractivity contribution in [2.75, 3.05) is 24.5 Å². The zero-order chi connectivity index (χ0) is 40.4. The first-order chi connectivity index (χ1) is 24.8. The summed E-state index contributed by atoms with van der Waals surface area (Å²) in [7, 11) is 0. The predicted molar refractivity (Wildman–Crippen MR) is 207 cm³/mol. The van der Waals surface area contributed by atoms with E-state index in [0.717, 1.165) is 0 Å². The van der Waals surface area contributed by atoms with Gasteiger partial charge in [0.2, 0.25) is 5.79 Å². The second-order valence-corrected chi connectivity index (χ2v) is 17.9. The van der Waals surface area contributed by atoms with E-state index in [1.165, 1.54) is 0 Å². The lowest BCUT2D eigenvalue weighted by molar-refractivity contribution is -0.148. The van der Waals surface area contributed by atoms with Crippen molar-refractivity contribution in [2.45, 2.75) is 150 Å². The van der Waals surface area contributed by atoms with Gasteiger partial charge in [-0.25, -0.2) is 14.4 Å². The Balaban J connectivity index is 1.65. The van der Waals surface area contributed by atoms with Crippen LogP contribution in [0.4, 0.5) is 15.3 Å². The molecule has 0 unspecified atom stereocenters. The third kappa shape index (κ3) is 11.9. The molecule has 0 aliphatic carbocycles. The van der Waals surface area contributed by atoms with Crippen LogP contribution in [-0.2, 0) is 23.7 Å². The van der Waals surface area contributed by atoms with E-state index in [2.05, 4.69) is 13.0 Å². The Hall–Kier alpha value is -3.61. The van der Waals surface area contributed by atoms with Crippen LogP contribution in [0.15, 0.2) is 30.4 Å². The molecule has 0 radical (unpaired) electrons. The van der Waals surface area contributed by atoms with Gasteiger partial charge in [-0.15, -0.1) is 0 Å². The molecule has 3 aliphatic heterocycles.